The second kappa shape index (κ2) is 7.05. The van der Waals surface area contributed by atoms with Gasteiger partial charge < -0.3 is 4.42 Å². The van der Waals surface area contributed by atoms with Gasteiger partial charge in [-0.3, -0.25) is 0 Å². The van der Waals surface area contributed by atoms with Crippen LogP contribution in [-0.2, 0) is 19.8 Å². The molecular formula is C31H30NO+. The summed E-state index contributed by atoms with van der Waals surface area (Å²) in [5.74, 6) is 0. The van der Waals surface area contributed by atoms with Gasteiger partial charge >= 0.3 is 0 Å². The zero-order chi connectivity index (χ0) is 29.0. The summed E-state index contributed by atoms with van der Waals surface area (Å²) in [6.07, 6.45) is -1.85. The number of pyridine rings is 1. The van der Waals surface area contributed by atoms with Crippen LogP contribution in [0.3, 0.4) is 0 Å². The van der Waals surface area contributed by atoms with Crippen molar-refractivity contribution in [3.8, 4) is 22.4 Å². The molecule has 0 saturated carbocycles. The van der Waals surface area contributed by atoms with Crippen molar-refractivity contribution >= 4 is 21.9 Å². The Morgan fingerprint density at radius 3 is 2.61 bits per heavy atom. The highest BCUT2D eigenvalue weighted by molar-refractivity contribution is 6.13. The Kier molecular flexibility index (Phi) is 2.99. The van der Waals surface area contributed by atoms with Crippen molar-refractivity contribution in [2.75, 3.05) is 0 Å². The Balaban J connectivity index is 1.70. The van der Waals surface area contributed by atoms with E-state index in [1.165, 1.54) is 0 Å². The number of aromatic nitrogens is 1. The number of benzene rings is 3. The van der Waals surface area contributed by atoms with Crippen LogP contribution in [-0.4, -0.2) is 0 Å². The van der Waals surface area contributed by atoms with E-state index in [-0.39, 0.29) is 11.1 Å². The van der Waals surface area contributed by atoms with Crippen LogP contribution in [0, 0.1) is 19.2 Å². The summed E-state index contributed by atoms with van der Waals surface area (Å²) in [4.78, 5) is 0. The van der Waals surface area contributed by atoms with Crippen molar-refractivity contribution in [3.63, 3.8) is 0 Å². The Bertz CT molecular complexity index is 1850. The van der Waals surface area contributed by atoms with Crippen LogP contribution >= 0.6 is 0 Å². The Hall–Kier alpha value is -3.39. The Labute approximate surface area is 205 Å². The number of furan rings is 1. The molecule has 0 N–H and O–H groups in total. The summed E-state index contributed by atoms with van der Waals surface area (Å²) in [5, 5.41) is 1.46. The quantitative estimate of drug-likeness (QED) is 0.260. The Morgan fingerprint density at radius 2 is 1.79 bits per heavy atom. The summed E-state index contributed by atoms with van der Waals surface area (Å²) >= 11 is 0. The van der Waals surface area contributed by atoms with Crippen LogP contribution in [0.4, 0.5) is 0 Å². The highest BCUT2D eigenvalue weighted by Gasteiger charge is 2.29. The lowest BCUT2D eigenvalue weighted by Gasteiger charge is -2.14. The third-order valence-electron chi connectivity index (χ3n) is 6.49. The molecule has 0 fully saturated rings. The minimum atomic E-state index is -2.38. The van der Waals surface area contributed by atoms with Crippen LogP contribution in [0.2, 0.25) is 0 Å². The van der Waals surface area contributed by atoms with Gasteiger partial charge in [-0.15, -0.1) is 0 Å². The number of rotatable bonds is 2. The van der Waals surface area contributed by atoms with E-state index in [0.717, 1.165) is 22.2 Å². The van der Waals surface area contributed by atoms with E-state index >= 15 is 0 Å². The van der Waals surface area contributed by atoms with E-state index in [4.69, 9.17) is 14.0 Å². The molecule has 0 amide bonds. The molecular weight excluding hydrogens is 402 g/mol. The number of hydrogen-bond donors (Lipinski definition) is 0. The SMILES string of the molecule is [2H]C([2H])([2H])c1cc(-c2ccc3c(c2)C([2H])([2H])C(C)(C)C3([2H])[2H])c2oc3c(-c4cccc[n+]4C)c(C)ccc3c2c1. The van der Waals surface area contributed by atoms with Crippen LogP contribution in [0.5, 0.6) is 0 Å². The van der Waals surface area contributed by atoms with Crippen LogP contribution in [0.25, 0.3) is 44.3 Å². The monoisotopic (exact) mass is 439 g/mol. The largest absolute Gasteiger partial charge is 0.454 e. The van der Waals surface area contributed by atoms with Gasteiger partial charge in [0.1, 0.15) is 18.2 Å². The summed E-state index contributed by atoms with van der Waals surface area (Å²) in [5.41, 5.74) is 4.60. The first-order chi connectivity index (χ1) is 18.6. The van der Waals surface area contributed by atoms with Crippen LogP contribution < -0.4 is 4.57 Å². The van der Waals surface area contributed by atoms with Crippen molar-refractivity contribution in [1.29, 1.82) is 0 Å². The molecule has 1 aliphatic carbocycles. The predicted molar refractivity (Wildman–Crippen MR) is 136 cm³/mol. The first-order valence-corrected chi connectivity index (χ1v) is 11.2. The molecule has 6 rings (SSSR count). The number of fused-ring (bicyclic) bond motifs is 4. The minimum Gasteiger partial charge on any atom is -0.454 e. The predicted octanol–water partition coefficient (Wildman–Crippen LogP) is 7.49. The minimum absolute atomic E-state index is 0.157. The highest BCUT2D eigenvalue weighted by Crippen LogP contribution is 2.43. The van der Waals surface area contributed by atoms with Crippen molar-refractivity contribution in [3.05, 3.63) is 89.1 Å². The average Bonchev–Trinajstić information content (AvgIpc) is 3.30. The average molecular weight is 440 g/mol. The van der Waals surface area contributed by atoms with E-state index in [2.05, 4.69) is 0 Å². The number of aryl methyl sites for hydroxylation is 3. The number of nitrogens with zero attached hydrogens (tertiary/aromatic N) is 1. The van der Waals surface area contributed by atoms with Crippen molar-refractivity contribution < 1.29 is 18.6 Å². The molecule has 0 radical (unpaired) electrons. The standard InChI is InChI=1S/C31H30NO/c1-19-14-25(21-10-11-22-17-31(3,4)18-23(22)16-21)29-26(15-19)24-12-9-20(2)28(30(24)33-29)27-8-6-7-13-32(27)5/h6-16H,17-18H2,1-5H3/q+1/i1D3,17D2,18D2. The molecule has 164 valence electrons. The second-order valence-corrected chi connectivity index (χ2v) is 9.47. The molecule has 2 aromatic heterocycles. The molecule has 0 spiro atoms. The molecule has 0 aliphatic heterocycles. The summed E-state index contributed by atoms with van der Waals surface area (Å²) in [7, 11) is 1.97. The zero-order valence-corrected chi connectivity index (χ0v) is 19.2. The van der Waals surface area contributed by atoms with Gasteiger partial charge in [0.15, 0.2) is 6.20 Å². The molecule has 0 unspecified atom stereocenters. The molecule has 0 bridgehead atoms. The first-order valence-electron chi connectivity index (χ1n) is 14.7. The van der Waals surface area contributed by atoms with Crippen LogP contribution in [0.15, 0.2) is 71.3 Å². The third kappa shape index (κ3) is 3.20. The van der Waals surface area contributed by atoms with E-state index in [9.17, 15) is 0 Å². The lowest BCUT2D eigenvalue weighted by molar-refractivity contribution is -0.660. The van der Waals surface area contributed by atoms with E-state index in [1.54, 1.807) is 44.2 Å². The Morgan fingerprint density at radius 1 is 0.939 bits per heavy atom. The fourth-order valence-electron chi connectivity index (χ4n) is 4.98. The second-order valence-electron chi connectivity index (χ2n) is 9.47. The maximum atomic E-state index is 8.86. The van der Waals surface area contributed by atoms with Gasteiger partial charge in [-0.05, 0) is 78.0 Å². The summed E-state index contributed by atoms with van der Waals surface area (Å²) in [6, 6.07) is 18.2. The summed E-state index contributed by atoms with van der Waals surface area (Å²) in [6.45, 7) is 2.85. The molecule has 5 aromatic rings. The van der Waals surface area contributed by atoms with Gasteiger partial charge in [0.2, 0.25) is 5.69 Å². The zero-order valence-electron chi connectivity index (χ0n) is 26.2. The fourth-order valence-corrected chi connectivity index (χ4v) is 4.98. The maximum Gasteiger partial charge on any atom is 0.216 e. The topological polar surface area (TPSA) is 17.0 Å². The van der Waals surface area contributed by atoms with Gasteiger partial charge in [-0.25, -0.2) is 4.57 Å². The van der Waals surface area contributed by atoms with Crippen molar-refractivity contribution in [1.82, 2.24) is 0 Å². The maximum absolute atomic E-state index is 8.86. The first kappa shape index (κ1) is 14.0. The van der Waals surface area contributed by atoms with Gasteiger partial charge in [0.25, 0.3) is 0 Å². The molecule has 0 atom stereocenters. The van der Waals surface area contributed by atoms with E-state index in [1.807, 2.05) is 55.1 Å². The van der Waals surface area contributed by atoms with E-state index < -0.39 is 25.0 Å². The van der Waals surface area contributed by atoms with Crippen molar-refractivity contribution in [2.24, 2.45) is 12.5 Å². The van der Waals surface area contributed by atoms with Gasteiger partial charge in [0, 0.05) is 38.1 Å². The van der Waals surface area contributed by atoms with Gasteiger partial charge in [-0.1, -0.05) is 44.2 Å². The molecule has 0 saturated heterocycles. The van der Waals surface area contributed by atoms with Crippen molar-refractivity contribution in [2.45, 2.75) is 40.4 Å². The molecule has 2 heterocycles. The molecule has 1 aliphatic rings. The third-order valence-corrected chi connectivity index (χ3v) is 6.49. The lowest BCUT2D eigenvalue weighted by atomic mass is 9.90. The normalized spacial score (nSPS) is 21.4. The fraction of sp³-hybridized carbons (Fsp3) is 0.258. The van der Waals surface area contributed by atoms with E-state index in [0.29, 0.717) is 33.2 Å². The number of hydrogen-bond acceptors (Lipinski definition) is 1. The van der Waals surface area contributed by atoms with Crippen LogP contribution in [0.1, 0.15) is 45.7 Å². The molecule has 3 aromatic carbocycles. The molecule has 33 heavy (non-hydrogen) atoms. The highest BCUT2D eigenvalue weighted by atomic mass is 16.3. The smallest absolute Gasteiger partial charge is 0.216 e. The van der Waals surface area contributed by atoms with Gasteiger partial charge in [0.05, 0.1) is 5.56 Å². The van der Waals surface area contributed by atoms with Gasteiger partial charge in [-0.2, -0.15) is 0 Å². The molecule has 2 nitrogen and oxygen atoms in total. The summed E-state index contributed by atoms with van der Waals surface area (Å²) < 4.78 is 68.3. The molecule has 2 heteroatoms. The lowest BCUT2D eigenvalue weighted by Crippen LogP contribution is -2.30.